The lowest BCUT2D eigenvalue weighted by atomic mass is 9.84. The zero-order chi connectivity index (χ0) is 23.8. The molecule has 1 fully saturated rings. The molecule has 0 bridgehead atoms. The SMILES string of the molecule is Cc1cc(-c2nc(-c3cc(S(=O)(=O)NC4CCC(C)(O)CC4)ccc3C)cnc2N)ccn1. The van der Waals surface area contributed by atoms with Crippen LogP contribution in [0.25, 0.3) is 22.5 Å². The Morgan fingerprint density at radius 1 is 1.12 bits per heavy atom. The molecule has 3 aromatic rings. The Bertz CT molecular complexity index is 1280. The Balaban J connectivity index is 1.66. The minimum absolute atomic E-state index is 0.167. The second-order valence-corrected chi connectivity index (χ2v) is 10.8. The number of rotatable bonds is 5. The molecule has 174 valence electrons. The van der Waals surface area contributed by atoms with Gasteiger partial charge in [-0.2, -0.15) is 0 Å². The topological polar surface area (TPSA) is 131 Å². The highest BCUT2D eigenvalue weighted by atomic mass is 32.2. The summed E-state index contributed by atoms with van der Waals surface area (Å²) in [6, 6.07) is 8.48. The van der Waals surface area contributed by atoms with Crippen LogP contribution in [0, 0.1) is 13.8 Å². The lowest BCUT2D eigenvalue weighted by molar-refractivity contribution is 0.0163. The van der Waals surface area contributed by atoms with Gasteiger partial charge in [-0.05, 0) is 76.3 Å². The number of aliphatic hydroxyl groups is 1. The van der Waals surface area contributed by atoms with E-state index in [2.05, 4.69) is 14.7 Å². The third kappa shape index (κ3) is 5.21. The number of nitrogens with two attached hydrogens (primary N) is 1. The van der Waals surface area contributed by atoms with Gasteiger partial charge in [0.2, 0.25) is 10.0 Å². The number of nitrogens with one attached hydrogen (secondary N) is 1. The largest absolute Gasteiger partial charge is 0.390 e. The maximum atomic E-state index is 13.1. The lowest BCUT2D eigenvalue weighted by Gasteiger charge is -2.33. The Morgan fingerprint density at radius 3 is 2.55 bits per heavy atom. The molecule has 8 nitrogen and oxygen atoms in total. The first-order chi connectivity index (χ1) is 15.5. The van der Waals surface area contributed by atoms with Gasteiger partial charge in [0.25, 0.3) is 0 Å². The summed E-state index contributed by atoms with van der Waals surface area (Å²) in [6.45, 7) is 5.58. The molecule has 2 heterocycles. The predicted molar refractivity (Wildman–Crippen MR) is 128 cm³/mol. The van der Waals surface area contributed by atoms with Crippen LogP contribution < -0.4 is 10.5 Å². The number of sulfonamides is 1. The summed E-state index contributed by atoms with van der Waals surface area (Å²) < 4.78 is 29.0. The van der Waals surface area contributed by atoms with Crippen LogP contribution in [0.5, 0.6) is 0 Å². The number of benzene rings is 1. The van der Waals surface area contributed by atoms with Gasteiger partial charge < -0.3 is 10.8 Å². The summed E-state index contributed by atoms with van der Waals surface area (Å²) in [6.07, 6.45) is 5.58. The maximum absolute atomic E-state index is 13.1. The van der Waals surface area contributed by atoms with Gasteiger partial charge in [0.15, 0.2) is 0 Å². The molecule has 1 aliphatic rings. The number of aryl methyl sites for hydroxylation is 2. The molecule has 0 amide bonds. The summed E-state index contributed by atoms with van der Waals surface area (Å²) in [7, 11) is -3.73. The van der Waals surface area contributed by atoms with Crippen LogP contribution in [0.4, 0.5) is 5.82 Å². The number of nitrogens with zero attached hydrogens (tertiary/aromatic N) is 3. The van der Waals surface area contributed by atoms with Crippen molar-refractivity contribution in [3.8, 4) is 22.5 Å². The van der Waals surface area contributed by atoms with Crippen molar-refractivity contribution in [2.45, 2.75) is 63.0 Å². The quantitative estimate of drug-likeness (QED) is 0.524. The summed E-state index contributed by atoms with van der Waals surface area (Å²) in [5.41, 5.74) is 9.61. The molecule has 4 rings (SSSR count). The first-order valence-electron chi connectivity index (χ1n) is 11.0. The standard InChI is InChI=1S/C24H29N5O3S/c1-15-4-5-19(33(31,32)29-18-6-9-24(3,30)10-7-18)13-20(15)21-14-27-23(25)22(28-21)17-8-11-26-16(2)12-17/h4-5,8,11-14,18,29-30H,6-7,9-10H2,1-3H3,(H2,25,27). The van der Waals surface area contributed by atoms with Gasteiger partial charge in [-0.15, -0.1) is 0 Å². The second-order valence-electron chi connectivity index (χ2n) is 9.04. The van der Waals surface area contributed by atoms with E-state index >= 15 is 0 Å². The zero-order valence-corrected chi connectivity index (χ0v) is 19.9. The van der Waals surface area contributed by atoms with Gasteiger partial charge >= 0.3 is 0 Å². The maximum Gasteiger partial charge on any atom is 0.240 e. The molecule has 0 radical (unpaired) electrons. The highest BCUT2D eigenvalue weighted by Gasteiger charge is 2.31. The van der Waals surface area contributed by atoms with Gasteiger partial charge in [-0.3, -0.25) is 4.98 Å². The molecule has 1 saturated carbocycles. The van der Waals surface area contributed by atoms with E-state index in [9.17, 15) is 13.5 Å². The minimum atomic E-state index is -3.73. The molecule has 0 spiro atoms. The van der Waals surface area contributed by atoms with Gasteiger partial charge in [0.1, 0.15) is 11.5 Å². The zero-order valence-electron chi connectivity index (χ0n) is 19.0. The molecule has 0 unspecified atom stereocenters. The highest BCUT2D eigenvalue weighted by molar-refractivity contribution is 7.89. The van der Waals surface area contributed by atoms with Crippen LogP contribution in [0.3, 0.4) is 0 Å². The van der Waals surface area contributed by atoms with Gasteiger partial charge in [-0.25, -0.2) is 23.1 Å². The first kappa shape index (κ1) is 23.3. The van der Waals surface area contributed by atoms with Crippen LogP contribution in [0.15, 0.2) is 47.6 Å². The van der Waals surface area contributed by atoms with Crippen molar-refractivity contribution in [3.05, 3.63) is 54.0 Å². The van der Waals surface area contributed by atoms with E-state index in [1.807, 2.05) is 26.0 Å². The number of hydrogen-bond donors (Lipinski definition) is 3. The van der Waals surface area contributed by atoms with Crippen LogP contribution in [-0.2, 0) is 10.0 Å². The summed E-state index contributed by atoms with van der Waals surface area (Å²) in [4.78, 5) is 13.4. The predicted octanol–water partition coefficient (Wildman–Crippen LogP) is 3.38. The summed E-state index contributed by atoms with van der Waals surface area (Å²) in [5.74, 6) is 0.292. The van der Waals surface area contributed by atoms with E-state index in [0.717, 1.165) is 16.8 Å². The number of hydrogen-bond acceptors (Lipinski definition) is 7. The van der Waals surface area contributed by atoms with Crippen LogP contribution >= 0.6 is 0 Å². The van der Waals surface area contributed by atoms with E-state index < -0.39 is 15.6 Å². The number of pyridine rings is 1. The molecule has 1 aromatic carbocycles. The lowest BCUT2D eigenvalue weighted by Crippen LogP contribution is -2.42. The van der Waals surface area contributed by atoms with Crippen molar-refractivity contribution in [1.29, 1.82) is 0 Å². The Kier molecular flexibility index (Phi) is 6.22. The van der Waals surface area contributed by atoms with Gasteiger partial charge in [-0.1, -0.05) is 6.07 Å². The van der Waals surface area contributed by atoms with Crippen molar-refractivity contribution in [3.63, 3.8) is 0 Å². The summed E-state index contributed by atoms with van der Waals surface area (Å²) in [5, 5.41) is 10.1. The molecule has 4 N–H and O–H groups in total. The third-order valence-corrected chi connectivity index (χ3v) is 7.67. The smallest absolute Gasteiger partial charge is 0.240 e. The molecule has 0 atom stereocenters. The second kappa shape index (κ2) is 8.81. The third-order valence-electron chi connectivity index (χ3n) is 6.15. The summed E-state index contributed by atoms with van der Waals surface area (Å²) >= 11 is 0. The molecule has 0 aliphatic heterocycles. The van der Waals surface area contributed by atoms with E-state index in [-0.39, 0.29) is 10.9 Å². The van der Waals surface area contributed by atoms with Crippen molar-refractivity contribution in [2.75, 3.05) is 5.73 Å². The van der Waals surface area contributed by atoms with Crippen molar-refractivity contribution in [1.82, 2.24) is 19.7 Å². The van der Waals surface area contributed by atoms with Crippen LogP contribution in [-0.4, -0.2) is 40.1 Å². The van der Waals surface area contributed by atoms with Gasteiger partial charge in [0, 0.05) is 29.1 Å². The van der Waals surface area contributed by atoms with Crippen LogP contribution in [0.1, 0.15) is 43.9 Å². The molecule has 1 aliphatic carbocycles. The Labute approximate surface area is 194 Å². The highest BCUT2D eigenvalue weighted by Crippen LogP contribution is 2.31. The Morgan fingerprint density at radius 2 is 1.85 bits per heavy atom. The van der Waals surface area contributed by atoms with E-state index in [1.54, 1.807) is 37.5 Å². The van der Waals surface area contributed by atoms with Crippen molar-refractivity contribution in [2.24, 2.45) is 0 Å². The number of anilines is 1. The average molecular weight is 468 g/mol. The molecule has 9 heteroatoms. The average Bonchev–Trinajstić information content (AvgIpc) is 2.76. The van der Waals surface area contributed by atoms with Crippen LogP contribution in [0.2, 0.25) is 0 Å². The molecule has 2 aromatic heterocycles. The number of aromatic nitrogens is 3. The fourth-order valence-corrected chi connectivity index (χ4v) is 5.45. The minimum Gasteiger partial charge on any atom is -0.390 e. The number of nitrogen functional groups attached to an aromatic ring is 1. The van der Waals surface area contributed by atoms with Gasteiger partial charge in [0.05, 0.1) is 22.4 Å². The van der Waals surface area contributed by atoms with Crippen molar-refractivity contribution < 1.29 is 13.5 Å². The normalized spacial score (nSPS) is 21.2. The van der Waals surface area contributed by atoms with E-state index in [1.165, 1.54) is 0 Å². The molecular formula is C24H29N5O3S. The molecule has 0 saturated heterocycles. The fourth-order valence-electron chi connectivity index (χ4n) is 4.12. The molecular weight excluding hydrogens is 438 g/mol. The fraction of sp³-hybridized carbons (Fsp3) is 0.375. The first-order valence-corrected chi connectivity index (χ1v) is 12.4. The van der Waals surface area contributed by atoms with Crippen molar-refractivity contribution >= 4 is 15.8 Å². The Hall–Kier alpha value is -2.88. The van der Waals surface area contributed by atoms with E-state index in [4.69, 9.17) is 10.7 Å². The monoisotopic (exact) mass is 467 g/mol. The molecule has 33 heavy (non-hydrogen) atoms. The van der Waals surface area contributed by atoms with E-state index in [0.29, 0.717) is 48.5 Å².